The number of likely N-dealkylation sites (tertiary alicyclic amines) is 5. The zero-order valence-corrected chi connectivity index (χ0v) is 58.5. The highest BCUT2D eigenvalue weighted by molar-refractivity contribution is 5.96. The number of amides is 5. The van der Waals surface area contributed by atoms with E-state index in [2.05, 4.69) is 74.0 Å². The standard InChI is InChI=1S/C30H38N4O4.C25H33FN2O.C24H33N3O3/c1-4-38-29(37)33-15-11-26(12-16-33)32-17-13-30(14-18-32)20-34(22(3)36)28-10-7-24(19-27(28)30)23-5-8-25(9-6-23)31-21(2)35;1-2-22(29)7-10-28-17-25(23-15-21(26)5-6-24(23)28)8-11-27(12-9-25)16-20-14-18-3-4-19(20)13-18;1-4-19-6-7-22-21(16-19)24(17-27(22)18(3)28)10-14-25(15-11-24)20-8-12-26(13-9-20)23(29)30-5-2/h5-10,19,26H,4,11-18,20H2,1-3H3,(H,31,35);3-6,15,18-20H,2,7-14,16-17H2,1H3;4,6-7,16,20H,1,5,8-15,17H2,2-3H3/t;18?,19?,20-;/m.0./s1. The van der Waals surface area contributed by atoms with Crippen molar-refractivity contribution in [2.45, 2.75) is 160 Å². The van der Waals surface area contributed by atoms with Crippen molar-refractivity contribution in [2.75, 3.05) is 131 Å². The highest BCUT2D eigenvalue weighted by atomic mass is 19.1. The van der Waals surface area contributed by atoms with Gasteiger partial charge in [-0.25, -0.2) is 14.0 Å². The minimum Gasteiger partial charge on any atom is -0.450 e. The molecule has 4 aromatic carbocycles. The Morgan fingerprint density at radius 2 is 1.08 bits per heavy atom. The molecule has 4 aromatic rings. The molecule has 3 spiro atoms. The molecule has 2 aliphatic carbocycles. The number of rotatable bonds is 13. The highest BCUT2D eigenvalue weighted by Crippen LogP contribution is 2.52. The molecule has 1 N–H and O–H groups in total. The predicted molar refractivity (Wildman–Crippen MR) is 382 cm³/mol. The number of ketones is 1. The molecule has 3 atom stereocenters. The monoisotopic (exact) mass is 1330 g/mol. The molecule has 17 nitrogen and oxygen atoms in total. The number of ether oxygens (including phenoxy) is 2. The minimum absolute atomic E-state index is 0.0438. The molecule has 0 aromatic heterocycles. The Bertz CT molecular complexity index is 3550. The number of piperidine rings is 5. The number of carbonyl (C=O) groups excluding carboxylic acids is 6. The first kappa shape index (κ1) is 69.5. The van der Waals surface area contributed by atoms with Gasteiger partial charge in [0.25, 0.3) is 0 Å². The van der Waals surface area contributed by atoms with Gasteiger partial charge in [-0.05, 0) is 236 Å². The molecule has 18 heteroatoms. The first-order valence-electron chi connectivity index (χ1n) is 36.5. The maximum atomic E-state index is 14.1. The molecule has 1 saturated carbocycles. The molecular formula is C79H104FN9O8. The summed E-state index contributed by atoms with van der Waals surface area (Å²) in [5, 5.41) is 2.82. The lowest BCUT2D eigenvalue weighted by Gasteiger charge is -2.45. The van der Waals surface area contributed by atoms with Crippen LogP contribution in [0.25, 0.3) is 17.2 Å². The van der Waals surface area contributed by atoms with Crippen LogP contribution in [-0.4, -0.2) is 184 Å². The third-order valence-corrected chi connectivity index (χ3v) is 23.9. The maximum Gasteiger partial charge on any atom is 0.409 e. The van der Waals surface area contributed by atoms with Crippen molar-refractivity contribution in [3.8, 4) is 11.1 Å². The molecule has 2 bridgehead atoms. The first-order chi connectivity index (χ1) is 46.8. The molecule has 0 radical (unpaired) electrons. The van der Waals surface area contributed by atoms with E-state index in [4.69, 9.17) is 9.47 Å². The second-order valence-corrected chi connectivity index (χ2v) is 29.5. The van der Waals surface area contributed by atoms with E-state index >= 15 is 0 Å². The number of carbonyl (C=O) groups is 6. The van der Waals surface area contributed by atoms with E-state index in [-0.39, 0.29) is 52.0 Å². The van der Waals surface area contributed by atoms with Gasteiger partial charge in [0.15, 0.2) is 0 Å². The van der Waals surface area contributed by atoms with Crippen LogP contribution < -0.4 is 20.0 Å². The summed E-state index contributed by atoms with van der Waals surface area (Å²) in [5.74, 6) is 2.78. The van der Waals surface area contributed by atoms with Gasteiger partial charge in [-0.1, -0.05) is 56.0 Å². The third kappa shape index (κ3) is 15.0. The number of allylic oxidation sites excluding steroid dienone is 2. The molecule has 2 unspecified atom stereocenters. The van der Waals surface area contributed by atoms with Gasteiger partial charge in [-0.2, -0.15) is 0 Å². The van der Waals surface area contributed by atoms with Crippen LogP contribution in [0.1, 0.15) is 154 Å². The Kier molecular flexibility index (Phi) is 21.5. The van der Waals surface area contributed by atoms with Gasteiger partial charge in [-0.3, -0.25) is 19.2 Å². The van der Waals surface area contributed by atoms with E-state index in [0.717, 1.165) is 213 Å². The smallest absolute Gasteiger partial charge is 0.409 e. The summed E-state index contributed by atoms with van der Waals surface area (Å²) in [6.45, 7) is 29.0. The number of hydrogen-bond donors (Lipinski definition) is 1. The number of nitrogens with zero attached hydrogens (tertiary/aromatic N) is 8. The van der Waals surface area contributed by atoms with E-state index < -0.39 is 0 Å². The zero-order chi connectivity index (χ0) is 68.2. The summed E-state index contributed by atoms with van der Waals surface area (Å²) in [5.41, 5.74) is 11.2. The van der Waals surface area contributed by atoms with E-state index in [0.29, 0.717) is 43.9 Å². The number of Topliss-reactive ketones (excluding diaryl/α,β-unsaturated/α-hetero) is 1. The van der Waals surface area contributed by atoms with Crippen LogP contribution in [-0.2, 0) is 44.9 Å². The number of nitrogens with one attached hydrogen (secondary N) is 1. The van der Waals surface area contributed by atoms with Gasteiger partial charge < -0.3 is 54.0 Å². The minimum atomic E-state index is -0.198. The number of fused-ring (bicyclic) bond motifs is 8. The van der Waals surface area contributed by atoms with Crippen molar-refractivity contribution in [3.63, 3.8) is 0 Å². The lowest BCUT2D eigenvalue weighted by molar-refractivity contribution is -0.119. The van der Waals surface area contributed by atoms with Crippen LogP contribution in [0, 0.1) is 23.6 Å². The second-order valence-electron chi connectivity index (χ2n) is 29.5. The van der Waals surface area contributed by atoms with Crippen molar-refractivity contribution in [1.29, 1.82) is 0 Å². The number of hydrogen-bond acceptors (Lipinski definition) is 12. The van der Waals surface area contributed by atoms with Crippen LogP contribution in [0.5, 0.6) is 0 Å². The Hall–Kier alpha value is -7.41. The van der Waals surface area contributed by atoms with Gasteiger partial charge in [0.1, 0.15) is 11.6 Å². The van der Waals surface area contributed by atoms with Gasteiger partial charge in [0.2, 0.25) is 17.7 Å². The Morgan fingerprint density at radius 3 is 1.58 bits per heavy atom. The maximum absolute atomic E-state index is 14.1. The average Bonchev–Trinajstić information content (AvgIpc) is 1.61. The summed E-state index contributed by atoms with van der Waals surface area (Å²) >= 11 is 0. The lowest BCUT2D eigenvalue weighted by atomic mass is 9.73. The van der Waals surface area contributed by atoms with E-state index in [1.807, 2.05) is 82.8 Å². The number of halogens is 1. The van der Waals surface area contributed by atoms with Gasteiger partial charge in [0.05, 0.1) is 13.2 Å². The number of anilines is 4. The van der Waals surface area contributed by atoms with Gasteiger partial charge >= 0.3 is 12.2 Å². The Morgan fingerprint density at radius 1 is 0.577 bits per heavy atom. The molecule has 14 rings (SSSR count). The fraction of sp³-hybridized carbons (Fsp3) is 0.570. The van der Waals surface area contributed by atoms with Crippen LogP contribution >= 0.6 is 0 Å². The molecule has 5 saturated heterocycles. The molecule has 6 fully saturated rings. The zero-order valence-electron chi connectivity index (χ0n) is 58.5. The summed E-state index contributed by atoms with van der Waals surface area (Å²) in [6.07, 6.45) is 20.6. The van der Waals surface area contributed by atoms with E-state index in [1.165, 1.54) is 43.0 Å². The van der Waals surface area contributed by atoms with Crippen LogP contribution in [0.4, 0.5) is 36.7 Å². The van der Waals surface area contributed by atoms with Crippen molar-refractivity contribution >= 4 is 64.5 Å². The van der Waals surface area contributed by atoms with Crippen molar-refractivity contribution in [3.05, 3.63) is 126 Å². The largest absolute Gasteiger partial charge is 0.450 e. The molecule has 10 aliphatic rings. The van der Waals surface area contributed by atoms with Crippen molar-refractivity contribution < 1.29 is 42.6 Å². The molecule has 8 aliphatic heterocycles. The number of benzene rings is 4. The first-order valence-corrected chi connectivity index (χ1v) is 36.5. The average molecular weight is 1330 g/mol. The summed E-state index contributed by atoms with van der Waals surface area (Å²) in [6, 6.07) is 27.0. The molecule has 5 amide bonds. The SMILES string of the molecule is C=Cc1ccc2c(c1)C1(CCN(C3CCN(C(=O)OCC)CC3)CC1)CN2C(C)=O.CCC(=O)CCN1CC2(CCN(C[C@@H]3CC4C=CC3C4)CC2)c2cc(F)ccc21.CCOC(=O)N1CCC(N2CCC3(CC2)CN(C(C)=O)c2ccc(-c4ccc(NC(C)=O)cc4)cc23)CC1. The molecule has 97 heavy (non-hydrogen) atoms. The molecular weight excluding hydrogens is 1220 g/mol. The second kappa shape index (κ2) is 30.0. The van der Waals surface area contributed by atoms with Crippen molar-refractivity contribution in [1.82, 2.24) is 24.5 Å². The molecule has 520 valence electrons. The predicted octanol–water partition coefficient (Wildman–Crippen LogP) is 12.8. The van der Waals surface area contributed by atoms with Gasteiger partial charge in [-0.15, -0.1) is 0 Å². The fourth-order valence-corrected chi connectivity index (χ4v) is 18.3. The lowest BCUT2D eigenvalue weighted by Crippen LogP contribution is -2.52. The van der Waals surface area contributed by atoms with Crippen molar-refractivity contribution in [2.24, 2.45) is 17.8 Å². The van der Waals surface area contributed by atoms with Crippen LogP contribution in [0.15, 0.2) is 97.6 Å². The Labute approximate surface area is 574 Å². The van der Waals surface area contributed by atoms with E-state index in [1.54, 1.807) is 26.0 Å². The summed E-state index contributed by atoms with van der Waals surface area (Å²) < 4.78 is 24.5. The topological polar surface area (TPSA) is 159 Å². The van der Waals surface area contributed by atoms with Crippen LogP contribution in [0.2, 0.25) is 0 Å². The van der Waals surface area contributed by atoms with E-state index in [9.17, 15) is 33.2 Å². The normalized spacial score (nSPS) is 23.1. The Balaban J connectivity index is 0.000000140. The quantitative estimate of drug-likeness (QED) is 0.126. The summed E-state index contributed by atoms with van der Waals surface area (Å²) in [7, 11) is 0. The summed E-state index contributed by atoms with van der Waals surface area (Å²) in [4.78, 5) is 89.9. The highest BCUT2D eigenvalue weighted by Gasteiger charge is 2.50. The third-order valence-electron chi connectivity index (χ3n) is 23.9. The van der Waals surface area contributed by atoms with Crippen LogP contribution in [0.3, 0.4) is 0 Å². The fourth-order valence-electron chi connectivity index (χ4n) is 18.3. The van der Waals surface area contributed by atoms with Gasteiger partial charge in [0, 0.05) is 144 Å². The molecule has 8 heterocycles.